The number of esters is 1. The minimum atomic E-state index is -0.360. The van der Waals surface area contributed by atoms with E-state index in [0.717, 1.165) is 10.0 Å². The minimum Gasteiger partial charge on any atom is -0.456 e. The van der Waals surface area contributed by atoms with Crippen LogP contribution in [0.1, 0.15) is 23.0 Å². The Hall–Kier alpha value is -1.75. The van der Waals surface area contributed by atoms with Crippen molar-refractivity contribution in [1.82, 2.24) is 4.57 Å². The van der Waals surface area contributed by atoms with Crippen LogP contribution in [0.5, 0.6) is 0 Å². The average Bonchev–Trinajstić information content (AvgIpc) is 2.79. The zero-order chi connectivity index (χ0) is 13.8. The molecule has 0 saturated heterocycles. The molecule has 0 amide bonds. The van der Waals surface area contributed by atoms with Gasteiger partial charge < -0.3 is 15.0 Å². The van der Waals surface area contributed by atoms with Gasteiger partial charge in [-0.3, -0.25) is 0 Å². The van der Waals surface area contributed by atoms with Crippen LogP contribution in [0, 0.1) is 0 Å². The molecule has 0 aliphatic heterocycles. The Kier molecular flexibility index (Phi) is 4.27. The minimum absolute atomic E-state index is 0.251. The van der Waals surface area contributed by atoms with Crippen LogP contribution in [0.3, 0.4) is 0 Å². The van der Waals surface area contributed by atoms with E-state index in [1.807, 2.05) is 31.2 Å². The number of anilines is 1. The van der Waals surface area contributed by atoms with Gasteiger partial charge in [-0.25, -0.2) is 4.79 Å². The Balaban J connectivity index is 2.03. The van der Waals surface area contributed by atoms with E-state index in [0.29, 0.717) is 17.9 Å². The molecule has 0 saturated carbocycles. The summed E-state index contributed by atoms with van der Waals surface area (Å²) in [5, 5.41) is 0. The molecule has 19 heavy (non-hydrogen) atoms. The molecule has 5 heteroatoms. The molecule has 2 N–H and O–H groups in total. The van der Waals surface area contributed by atoms with Gasteiger partial charge in [0.05, 0.1) is 5.69 Å². The SMILES string of the molecule is CCn1cc(N)cc1C(=O)OCc1ccc(Br)cc1. The summed E-state index contributed by atoms with van der Waals surface area (Å²) in [6, 6.07) is 9.27. The lowest BCUT2D eigenvalue weighted by Crippen LogP contribution is -2.11. The van der Waals surface area contributed by atoms with E-state index in [4.69, 9.17) is 10.5 Å². The summed E-state index contributed by atoms with van der Waals surface area (Å²) in [5.74, 6) is -0.360. The van der Waals surface area contributed by atoms with Gasteiger partial charge in [-0.05, 0) is 30.7 Å². The normalized spacial score (nSPS) is 10.4. The first-order valence-electron chi connectivity index (χ1n) is 5.97. The number of carbonyl (C=O) groups excluding carboxylic acids is 1. The first kappa shape index (κ1) is 13.7. The van der Waals surface area contributed by atoms with Gasteiger partial charge >= 0.3 is 5.97 Å². The zero-order valence-corrected chi connectivity index (χ0v) is 12.2. The number of aryl methyl sites for hydroxylation is 1. The van der Waals surface area contributed by atoms with Crippen molar-refractivity contribution < 1.29 is 9.53 Å². The predicted octanol–water partition coefficient (Wildman–Crippen LogP) is 3.21. The van der Waals surface area contributed by atoms with Crippen LogP contribution in [-0.2, 0) is 17.9 Å². The van der Waals surface area contributed by atoms with Gasteiger partial charge in [-0.15, -0.1) is 0 Å². The van der Waals surface area contributed by atoms with Crippen molar-refractivity contribution in [2.24, 2.45) is 0 Å². The van der Waals surface area contributed by atoms with Gasteiger partial charge in [-0.2, -0.15) is 0 Å². The van der Waals surface area contributed by atoms with Gasteiger partial charge in [0, 0.05) is 17.2 Å². The van der Waals surface area contributed by atoms with Crippen LogP contribution in [0.15, 0.2) is 41.0 Å². The molecule has 0 fully saturated rings. The zero-order valence-electron chi connectivity index (χ0n) is 10.6. The molecule has 1 heterocycles. The summed E-state index contributed by atoms with van der Waals surface area (Å²) < 4.78 is 8.05. The third kappa shape index (κ3) is 3.38. The third-order valence-corrected chi connectivity index (χ3v) is 3.28. The van der Waals surface area contributed by atoms with Gasteiger partial charge in [0.25, 0.3) is 0 Å². The van der Waals surface area contributed by atoms with Crippen molar-refractivity contribution in [2.75, 3.05) is 5.73 Å². The van der Waals surface area contributed by atoms with Crippen molar-refractivity contribution in [1.29, 1.82) is 0 Å². The van der Waals surface area contributed by atoms with Crippen LogP contribution in [0.25, 0.3) is 0 Å². The van der Waals surface area contributed by atoms with E-state index >= 15 is 0 Å². The fraction of sp³-hybridized carbons (Fsp3) is 0.214. The fourth-order valence-electron chi connectivity index (χ4n) is 1.77. The van der Waals surface area contributed by atoms with E-state index in [2.05, 4.69) is 15.9 Å². The van der Waals surface area contributed by atoms with Crippen molar-refractivity contribution in [2.45, 2.75) is 20.1 Å². The molecule has 0 aliphatic rings. The van der Waals surface area contributed by atoms with Crippen molar-refractivity contribution in [3.8, 4) is 0 Å². The molecule has 0 atom stereocenters. The summed E-state index contributed by atoms with van der Waals surface area (Å²) in [7, 11) is 0. The lowest BCUT2D eigenvalue weighted by Gasteiger charge is -2.07. The fourth-order valence-corrected chi connectivity index (χ4v) is 2.03. The van der Waals surface area contributed by atoms with E-state index < -0.39 is 0 Å². The Morgan fingerprint density at radius 3 is 2.68 bits per heavy atom. The molecule has 0 spiro atoms. The molecule has 1 aromatic heterocycles. The summed E-state index contributed by atoms with van der Waals surface area (Å²) in [6.45, 7) is 2.88. The maximum Gasteiger partial charge on any atom is 0.355 e. The topological polar surface area (TPSA) is 57.2 Å². The number of nitrogens with two attached hydrogens (primary N) is 1. The second kappa shape index (κ2) is 5.93. The predicted molar refractivity (Wildman–Crippen MR) is 77.8 cm³/mol. The van der Waals surface area contributed by atoms with Gasteiger partial charge in [0.15, 0.2) is 0 Å². The summed E-state index contributed by atoms with van der Waals surface area (Å²) >= 11 is 3.36. The number of nitrogens with zero attached hydrogens (tertiary/aromatic N) is 1. The highest BCUT2D eigenvalue weighted by molar-refractivity contribution is 9.10. The molecule has 100 valence electrons. The molecule has 0 aliphatic carbocycles. The van der Waals surface area contributed by atoms with Crippen LogP contribution >= 0.6 is 15.9 Å². The largest absolute Gasteiger partial charge is 0.456 e. The summed E-state index contributed by atoms with van der Waals surface area (Å²) in [5.41, 5.74) is 7.68. The molecule has 0 bridgehead atoms. The van der Waals surface area contributed by atoms with E-state index in [-0.39, 0.29) is 12.6 Å². The smallest absolute Gasteiger partial charge is 0.355 e. The Bertz CT molecular complexity index is 576. The first-order valence-corrected chi connectivity index (χ1v) is 6.76. The van der Waals surface area contributed by atoms with Gasteiger partial charge in [0.2, 0.25) is 0 Å². The van der Waals surface area contributed by atoms with Crippen LogP contribution in [-0.4, -0.2) is 10.5 Å². The first-order chi connectivity index (χ1) is 9.10. The molecule has 2 aromatic rings. The lowest BCUT2D eigenvalue weighted by atomic mass is 10.2. The number of hydrogen-bond acceptors (Lipinski definition) is 3. The third-order valence-electron chi connectivity index (χ3n) is 2.75. The van der Waals surface area contributed by atoms with Crippen molar-refractivity contribution >= 4 is 27.6 Å². The maximum absolute atomic E-state index is 12.0. The highest BCUT2D eigenvalue weighted by Gasteiger charge is 2.13. The van der Waals surface area contributed by atoms with Crippen LogP contribution < -0.4 is 5.73 Å². The molecule has 1 aromatic carbocycles. The maximum atomic E-state index is 12.0. The average molecular weight is 323 g/mol. The summed E-state index contributed by atoms with van der Waals surface area (Å²) in [6.07, 6.45) is 1.73. The highest BCUT2D eigenvalue weighted by atomic mass is 79.9. The molecule has 4 nitrogen and oxygen atoms in total. The monoisotopic (exact) mass is 322 g/mol. The molecule has 0 unspecified atom stereocenters. The number of benzene rings is 1. The Morgan fingerprint density at radius 1 is 1.37 bits per heavy atom. The van der Waals surface area contributed by atoms with E-state index in [9.17, 15) is 4.79 Å². The summed E-state index contributed by atoms with van der Waals surface area (Å²) in [4.78, 5) is 12.0. The van der Waals surface area contributed by atoms with Crippen LogP contribution in [0.2, 0.25) is 0 Å². The Morgan fingerprint density at radius 2 is 2.05 bits per heavy atom. The highest BCUT2D eigenvalue weighted by Crippen LogP contribution is 2.14. The second-order valence-electron chi connectivity index (χ2n) is 4.15. The molecular weight excluding hydrogens is 308 g/mol. The Labute approximate surface area is 120 Å². The quantitative estimate of drug-likeness (QED) is 0.879. The number of halogens is 1. The number of nitrogen functional groups attached to an aromatic ring is 1. The van der Waals surface area contributed by atoms with Crippen molar-refractivity contribution in [3.63, 3.8) is 0 Å². The van der Waals surface area contributed by atoms with Crippen LogP contribution in [0.4, 0.5) is 5.69 Å². The number of hydrogen-bond donors (Lipinski definition) is 1. The van der Waals surface area contributed by atoms with Crippen molar-refractivity contribution in [3.05, 3.63) is 52.3 Å². The standard InChI is InChI=1S/C14H15BrN2O2/c1-2-17-8-12(16)7-13(17)14(18)19-9-10-3-5-11(15)6-4-10/h3-8H,2,9,16H2,1H3. The number of ether oxygens (including phenoxy) is 1. The molecule has 0 radical (unpaired) electrons. The van der Waals surface area contributed by atoms with E-state index in [1.165, 1.54) is 0 Å². The van der Waals surface area contributed by atoms with Gasteiger partial charge in [-0.1, -0.05) is 28.1 Å². The lowest BCUT2D eigenvalue weighted by molar-refractivity contribution is 0.0460. The molecule has 2 rings (SSSR count). The second-order valence-corrected chi connectivity index (χ2v) is 5.06. The van der Waals surface area contributed by atoms with E-state index in [1.54, 1.807) is 16.8 Å². The molecular formula is C14H15BrN2O2. The number of carbonyl (C=O) groups is 1. The van der Waals surface area contributed by atoms with Gasteiger partial charge in [0.1, 0.15) is 12.3 Å². The number of aromatic nitrogens is 1. The number of rotatable bonds is 4.